The summed E-state index contributed by atoms with van der Waals surface area (Å²) >= 11 is 0. The van der Waals surface area contributed by atoms with Gasteiger partial charge in [0.1, 0.15) is 0 Å². The molecular weight excluding hydrogens is 240 g/mol. The maximum atomic E-state index is 2.41. The van der Waals surface area contributed by atoms with Crippen LogP contribution in [0, 0.1) is 23.7 Å². The van der Waals surface area contributed by atoms with E-state index in [1.807, 2.05) is 0 Å². The van der Waals surface area contributed by atoms with Crippen molar-refractivity contribution in [3.05, 3.63) is 0 Å². The Morgan fingerprint density at radius 3 is 1.60 bits per heavy atom. The van der Waals surface area contributed by atoms with E-state index < -0.39 is 0 Å². The third-order valence-corrected chi connectivity index (χ3v) is 5.13. The quantitative estimate of drug-likeness (QED) is 0.307. The van der Waals surface area contributed by atoms with Crippen molar-refractivity contribution in [1.29, 1.82) is 0 Å². The minimum absolute atomic E-state index is 0.861. The summed E-state index contributed by atoms with van der Waals surface area (Å²) in [5.74, 6) is 3.66. The van der Waals surface area contributed by atoms with Crippen LogP contribution in [0.5, 0.6) is 0 Å². The highest BCUT2D eigenvalue weighted by molar-refractivity contribution is 4.61. The van der Waals surface area contributed by atoms with Crippen molar-refractivity contribution in [3.8, 4) is 0 Å². The molecule has 0 aliphatic carbocycles. The van der Waals surface area contributed by atoms with Gasteiger partial charge in [0.25, 0.3) is 0 Å². The molecule has 0 saturated heterocycles. The predicted octanol–water partition coefficient (Wildman–Crippen LogP) is 7.47. The first-order valence-electron chi connectivity index (χ1n) is 9.47. The Balaban J connectivity index is 3.50. The molecule has 0 amide bonds. The molecule has 0 rings (SSSR count). The van der Waals surface area contributed by atoms with E-state index in [1.165, 1.54) is 64.2 Å². The van der Waals surface area contributed by atoms with Crippen LogP contribution in [0.3, 0.4) is 0 Å². The Kier molecular flexibility index (Phi) is 12.7. The highest BCUT2D eigenvalue weighted by Gasteiger charge is 2.08. The normalized spacial score (nSPS) is 15.0. The standard InChI is InChI=1S/C20H42/c1-7-20(16-12-11-13-17(2)3)15-10-8-9-14-19(6)18(4)5/h17-20H,7-16H2,1-6H3. The van der Waals surface area contributed by atoms with Gasteiger partial charge in [-0.2, -0.15) is 0 Å². The molecule has 122 valence electrons. The maximum Gasteiger partial charge on any atom is -0.0417 e. The zero-order valence-corrected chi connectivity index (χ0v) is 15.4. The molecule has 0 aromatic carbocycles. The van der Waals surface area contributed by atoms with Crippen molar-refractivity contribution >= 4 is 0 Å². The highest BCUT2D eigenvalue weighted by Crippen LogP contribution is 2.23. The van der Waals surface area contributed by atoms with Gasteiger partial charge in [0, 0.05) is 0 Å². The van der Waals surface area contributed by atoms with Crippen LogP contribution in [0.25, 0.3) is 0 Å². The second kappa shape index (κ2) is 12.7. The molecule has 2 unspecified atom stereocenters. The van der Waals surface area contributed by atoms with Gasteiger partial charge in [0.05, 0.1) is 0 Å². The van der Waals surface area contributed by atoms with Gasteiger partial charge < -0.3 is 0 Å². The Labute approximate surface area is 130 Å². The van der Waals surface area contributed by atoms with E-state index in [4.69, 9.17) is 0 Å². The monoisotopic (exact) mass is 282 g/mol. The minimum Gasteiger partial charge on any atom is -0.0651 e. The van der Waals surface area contributed by atoms with Crippen molar-refractivity contribution in [2.45, 2.75) is 106 Å². The summed E-state index contributed by atoms with van der Waals surface area (Å²) in [6.07, 6.45) is 14.5. The van der Waals surface area contributed by atoms with Crippen molar-refractivity contribution in [1.82, 2.24) is 0 Å². The van der Waals surface area contributed by atoms with E-state index in [0.717, 1.165) is 23.7 Å². The van der Waals surface area contributed by atoms with Crippen LogP contribution in [0.4, 0.5) is 0 Å². The largest absolute Gasteiger partial charge is 0.0651 e. The summed E-state index contributed by atoms with van der Waals surface area (Å²) in [5.41, 5.74) is 0. The Bertz CT molecular complexity index is 192. The molecule has 0 aromatic rings. The van der Waals surface area contributed by atoms with Crippen molar-refractivity contribution in [3.63, 3.8) is 0 Å². The third-order valence-electron chi connectivity index (χ3n) is 5.13. The summed E-state index contributed by atoms with van der Waals surface area (Å²) in [7, 11) is 0. The van der Waals surface area contributed by atoms with Crippen LogP contribution in [0.15, 0.2) is 0 Å². The topological polar surface area (TPSA) is 0 Å². The van der Waals surface area contributed by atoms with Crippen LogP contribution in [-0.2, 0) is 0 Å². The van der Waals surface area contributed by atoms with E-state index in [9.17, 15) is 0 Å². The fourth-order valence-electron chi connectivity index (χ4n) is 2.95. The first-order valence-corrected chi connectivity index (χ1v) is 9.47. The van der Waals surface area contributed by atoms with Crippen molar-refractivity contribution in [2.75, 3.05) is 0 Å². The lowest BCUT2D eigenvalue weighted by Crippen LogP contribution is -2.04. The summed E-state index contributed by atoms with van der Waals surface area (Å²) in [6.45, 7) is 14.2. The Morgan fingerprint density at radius 1 is 0.600 bits per heavy atom. The van der Waals surface area contributed by atoms with Gasteiger partial charge in [-0.05, 0) is 23.7 Å². The van der Waals surface area contributed by atoms with Crippen LogP contribution in [-0.4, -0.2) is 0 Å². The smallest absolute Gasteiger partial charge is 0.0417 e. The van der Waals surface area contributed by atoms with Crippen molar-refractivity contribution in [2.24, 2.45) is 23.7 Å². The third kappa shape index (κ3) is 11.8. The SMILES string of the molecule is CCC(CCCCCC(C)C(C)C)CCCCC(C)C. The molecule has 0 aliphatic rings. The Morgan fingerprint density at radius 2 is 1.10 bits per heavy atom. The molecule has 20 heavy (non-hydrogen) atoms. The van der Waals surface area contributed by atoms with E-state index in [2.05, 4.69) is 41.5 Å². The molecular formula is C20H42. The molecule has 0 radical (unpaired) electrons. The lowest BCUT2D eigenvalue weighted by Gasteiger charge is -2.17. The lowest BCUT2D eigenvalue weighted by atomic mass is 9.89. The minimum atomic E-state index is 0.861. The van der Waals surface area contributed by atoms with Crippen LogP contribution in [0.2, 0.25) is 0 Å². The molecule has 0 aliphatic heterocycles. The zero-order valence-electron chi connectivity index (χ0n) is 15.4. The molecule has 0 spiro atoms. The van der Waals surface area contributed by atoms with Crippen LogP contribution < -0.4 is 0 Å². The lowest BCUT2D eigenvalue weighted by molar-refractivity contribution is 0.358. The van der Waals surface area contributed by atoms with Gasteiger partial charge >= 0.3 is 0 Å². The van der Waals surface area contributed by atoms with E-state index in [0.29, 0.717) is 0 Å². The molecule has 0 fully saturated rings. The predicted molar refractivity (Wildman–Crippen MR) is 94.2 cm³/mol. The summed E-state index contributed by atoms with van der Waals surface area (Å²) < 4.78 is 0. The van der Waals surface area contributed by atoms with Crippen LogP contribution in [0.1, 0.15) is 106 Å². The van der Waals surface area contributed by atoms with E-state index in [-0.39, 0.29) is 0 Å². The van der Waals surface area contributed by atoms with E-state index >= 15 is 0 Å². The molecule has 2 atom stereocenters. The number of rotatable bonds is 13. The highest BCUT2D eigenvalue weighted by atomic mass is 14.1. The Hall–Kier alpha value is 0. The molecule has 0 saturated carbocycles. The number of hydrogen-bond donors (Lipinski definition) is 0. The summed E-state index contributed by atoms with van der Waals surface area (Å²) in [5, 5.41) is 0. The summed E-state index contributed by atoms with van der Waals surface area (Å²) in [6, 6.07) is 0. The molecule has 0 bridgehead atoms. The first-order chi connectivity index (χ1) is 9.47. The first kappa shape index (κ1) is 20.0. The second-order valence-corrected chi connectivity index (χ2v) is 7.81. The molecule has 0 aromatic heterocycles. The average Bonchev–Trinajstić information content (AvgIpc) is 2.39. The number of hydrogen-bond acceptors (Lipinski definition) is 0. The number of unbranched alkanes of at least 4 members (excludes halogenated alkanes) is 3. The second-order valence-electron chi connectivity index (χ2n) is 7.81. The van der Waals surface area contributed by atoms with Crippen molar-refractivity contribution < 1.29 is 0 Å². The van der Waals surface area contributed by atoms with Gasteiger partial charge in [-0.3, -0.25) is 0 Å². The summed E-state index contributed by atoms with van der Waals surface area (Å²) in [4.78, 5) is 0. The molecule has 0 nitrogen and oxygen atoms in total. The maximum absolute atomic E-state index is 2.41. The van der Waals surface area contributed by atoms with Gasteiger partial charge in [-0.15, -0.1) is 0 Å². The fourth-order valence-corrected chi connectivity index (χ4v) is 2.95. The van der Waals surface area contributed by atoms with E-state index in [1.54, 1.807) is 0 Å². The zero-order chi connectivity index (χ0) is 15.4. The molecule has 0 heteroatoms. The van der Waals surface area contributed by atoms with Gasteiger partial charge in [0.2, 0.25) is 0 Å². The van der Waals surface area contributed by atoms with Gasteiger partial charge in [-0.25, -0.2) is 0 Å². The van der Waals surface area contributed by atoms with Crippen LogP contribution >= 0.6 is 0 Å². The molecule has 0 heterocycles. The molecule has 0 N–H and O–H groups in total. The van der Waals surface area contributed by atoms with Gasteiger partial charge in [-0.1, -0.05) is 106 Å². The van der Waals surface area contributed by atoms with Gasteiger partial charge in [0.15, 0.2) is 0 Å². The fraction of sp³-hybridized carbons (Fsp3) is 1.00. The average molecular weight is 283 g/mol.